The number of ether oxygens (including phenoxy) is 1. The van der Waals surface area contributed by atoms with E-state index < -0.39 is 17.8 Å². The Morgan fingerprint density at radius 1 is 1.20 bits per heavy atom. The summed E-state index contributed by atoms with van der Waals surface area (Å²) in [4.78, 5) is 27.1. The molecule has 0 bridgehead atoms. The molecule has 1 saturated heterocycles. The van der Waals surface area contributed by atoms with Crippen LogP contribution in [0.2, 0.25) is 5.02 Å². The zero-order valence-electron chi connectivity index (χ0n) is 16.1. The number of halogens is 4. The van der Waals surface area contributed by atoms with Gasteiger partial charge in [0.05, 0.1) is 18.2 Å². The van der Waals surface area contributed by atoms with Crippen molar-refractivity contribution in [3.63, 3.8) is 0 Å². The highest BCUT2D eigenvalue weighted by Gasteiger charge is 2.35. The second-order valence-electron chi connectivity index (χ2n) is 6.91. The van der Waals surface area contributed by atoms with Crippen molar-refractivity contribution in [2.45, 2.75) is 31.6 Å². The molecule has 0 spiro atoms. The van der Waals surface area contributed by atoms with Crippen LogP contribution in [-0.2, 0) is 17.5 Å². The van der Waals surface area contributed by atoms with Crippen LogP contribution < -0.4 is 10.1 Å². The predicted octanol–water partition coefficient (Wildman–Crippen LogP) is 4.29. The van der Waals surface area contributed by atoms with Gasteiger partial charge >= 0.3 is 6.18 Å². The summed E-state index contributed by atoms with van der Waals surface area (Å²) in [6.07, 6.45) is -3.26. The first-order valence-corrected chi connectivity index (χ1v) is 9.67. The van der Waals surface area contributed by atoms with Gasteiger partial charge in [-0.3, -0.25) is 9.59 Å². The van der Waals surface area contributed by atoms with Crippen LogP contribution in [0.5, 0.6) is 5.75 Å². The predicted molar refractivity (Wildman–Crippen MR) is 105 cm³/mol. The van der Waals surface area contributed by atoms with Gasteiger partial charge in [-0.1, -0.05) is 23.7 Å². The summed E-state index contributed by atoms with van der Waals surface area (Å²) < 4.78 is 43.2. The summed E-state index contributed by atoms with van der Waals surface area (Å²) in [6.45, 7) is 0.475. The quantitative estimate of drug-likeness (QED) is 0.754. The number of carbonyl (C=O) groups excluding carboxylic acids is 2. The fourth-order valence-electron chi connectivity index (χ4n) is 3.40. The lowest BCUT2D eigenvalue weighted by Crippen LogP contribution is -2.45. The molecule has 9 heteroatoms. The molecular formula is C21H20ClF3N2O3. The molecule has 5 nitrogen and oxygen atoms in total. The highest BCUT2D eigenvalue weighted by Crippen LogP contribution is 2.29. The molecule has 3 rings (SSSR count). The molecule has 1 heterocycles. The summed E-state index contributed by atoms with van der Waals surface area (Å²) in [6, 6.07) is 8.60. The maximum atomic E-state index is 13.0. The Morgan fingerprint density at radius 2 is 1.90 bits per heavy atom. The molecule has 0 radical (unpaired) electrons. The van der Waals surface area contributed by atoms with E-state index in [1.807, 2.05) is 0 Å². The molecule has 0 aromatic heterocycles. The second kappa shape index (κ2) is 8.95. The Labute approximate surface area is 176 Å². The van der Waals surface area contributed by atoms with E-state index in [1.165, 1.54) is 30.2 Å². The Hall–Kier alpha value is -2.74. The van der Waals surface area contributed by atoms with Crippen LogP contribution in [0, 0.1) is 0 Å². The monoisotopic (exact) mass is 440 g/mol. The van der Waals surface area contributed by atoms with Crippen molar-refractivity contribution >= 4 is 23.4 Å². The van der Waals surface area contributed by atoms with Gasteiger partial charge < -0.3 is 15.0 Å². The van der Waals surface area contributed by atoms with Crippen LogP contribution in [0.15, 0.2) is 42.5 Å². The van der Waals surface area contributed by atoms with Gasteiger partial charge in [0.1, 0.15) is 11.8 Å². The van der Waals surface area contributed by atoms with Gasteiger partial charge in [0.15, 0.2) is 0 Å². The molecule has 1 N–H and O–H groups in total. The standard InChI is InChI=1S/C21H20ClF3N2O3/c1-30-18-9-8-15(22)11-16(18)20(29)27-10-2-3-17(27)19(28)26-12-13-4-6-14(7-5-13)21(23,24)25/h4-9,11,17H,2-3,10,12H2,1H3,(H,26,28)/t17-/m1/s1. The number of nitrogens with one attached hydrogen (secondary N) is 1. The summed E-state index contributed by atoms with van der Waals surface area (Å²) in [5.74, 6) is -0.358. The smallest absolute Gasteiger partial charge is 0.416 e. The lowest BCUT2D eigenvalue weighted by molar-refractivity contribution is -0.137. The van der Waals surface area contributed by atoms with Gasteiger partial charge in [0.25, 0.3) is 5.91 Å². The average Bonchev–Trinajstić information content (AvgIpc) is 3.21. The minimum Gasteiger partial charge on any atom is -0.496 e. The molecule has 160 valence electrons. The topological polar surface area (TPSA) is 58.6 Å². The van der Waals surface area contributed by atoms with Crippen LogP contribution in [0.1, 0.15) is 34.3 Å². The molecule has 1 aliphatic rings. The Kier molecular flexibility index (Phi) is 6.55. The zero-order chi connectivity index (χ0) is 21.9. The summed E-state index contributed by atoms with van der Waals surface area (Å²) in [5, 5.41) is 3.08. The number of rotatable bonds is 5. The minimum absolute atomic E-state index is 0.0655. The largest absolute Gasteiger partial charge is 0.496 e. The van der Waals surface area contributed by atoms with E-state index in [9.17, 15) is 22.8 Å². The van der Waals surface area contributed by atoms with Crippen molar-refractivity contribution in [2.24, 2.45) is 0 Å². The van der Waals surface area contributed by atoms with Crippen molar-refractivity contribution in [3.05, 3.63) is 64.2 Å². The first kappa shape index (κ1) is 22.0. The molecule has 1 aliphatic heterocycles. The van der Waals surface area contributed by atoms with E-state index >= 15 is 0 Å². The molecule has 1 fully saturated rings. The maximum absolute atomic E-state index is 13.0. The van der Waals surface area contributed by atoms with E-state index in [-0.39, 0.29) is 23.9 Å². The van der Waals surface area contributed by atoms with Crippen LogP contribution in [0.25, 0.3) is 0 Å². The number of amides is 2. The summed E-state index contributed by atoms with van der Waals surface area (Å²) in [7, 11) is 1.44. The first-order chi connectivity index (χ1) is 14.2. The number of carbonyl (C=O) groups is 2. The van der Waals surface area contributed by atoms with Gasteiger partial charge in [-0.05, 0) is 48.7 Å². The van der Waals surface area contributed by atoms with Gasteiger partial charge in [0.2, 0.25) is 5.91 Å². The Morgan fingerprint density at radius 3 is 2.53 bits per heavy atom. The number of hydrogen-bond donors (Lipinski definition) is 1. The minimum atomic E-state index is -4.41. The molecule has 2 amide bonds. The van der Waals surface area contributed by atoms with E-state index in [4.69, 9.17) is 16.3 Å². The van der Waals surface area contributed by atoms with Crippen LogP contribution in [-0.4, -0.2) is 36.4 Å². The first-order valence-electron chi connectivity index (χ1n) is 9.29. The van der Waals surface area contributed by atoms with Crippen molar-refractivity contribution < 1.29 is 27.5 Å². The SMILES string of the molecule is COc1ccc(Cl)cc1C(=O)N1CCC[C@@H]1C(=O)NCc1ccc(C(F)(F)F)cc1. The molecule has 0 unspecified atom stereocenters. The van der Waals surface area contributed by atoms with Crippen LogP contribution in [0.4, 0.5) is 13.2 Å². The number of methoxy groups -OCH3 is 1. The third kappa shape index (κ3) is 4.87. The second-order valence-corrected chi connectivity index (χ2v) is 7.35. The average molecular weight is 441 g/mol. The van der Waals surface area contributed by atoms with E-state index in [0.29, 0.717) is 35.7 Å². The molecule has 2 aromatic rings. The van der Waals surface area contributed by atoms with Crippen molar-refractivity contribution in [2.75, 3.05) is 13.7 Å². The third-order valence-electron chi connectivity index (χ3n) is 4.96. The third-order valence-corrected chi connectivity index (χ3v) is 5.19. The van der Waals surface area contributed by atoms with Crippen LogP contribution >= 0.6 is 11.6 Å². The summed E-state index contributed by atoms with van der Waals surface area (Å²) in [5.41, 5.74) is 0.0526. The fourth-order valence-corrected chi connectivity index (χ4v) is 3.58. The number of alkyl halides is 3. The lowest BCUT2D eigenvalue weighted by Gasteiger charge is -2.25. The highest BCUT2D eigenvalue weighted by molar-refractivity contribution is 6.31. The molecular weight excluding hydrogens is 421 g/mol. The Balaban J connectivity index is 1.67. The Bertz CT molecular complexity index is 932. The molecule has 2 aromatic carbocycles. The number of likely N-dealkylation sites (tertiary alicyclic amines) is 1. The number of nitrogens with zero attached hydrogens (tertiary/aromatic N) is 1. The van der Waals surface area contributed by atoms with Gasteiger partial charge in [-0.25, -0.2) is 0 Å². The molecule has 30 heavy (non-hydrogen) atoms. The molecule has 0 saturated carbocycles. The maximum Gasteiger partial charge on any atom is 0.416 e. The van der Waals surface area contributed by atoms with E-state index in [2.05, 4.69) is 5.32 Å². The lowest BCUT2D eigenvalue weighted by atomic mass is 10.1. The van der Waals surface area contributed by atoms with Gasteiger partial charge in [-0.2, -0.15) is 13.2 Å². The van der Waals surface area contributed by atoms with E-state index in [1.54, 1.807) is 12.1 Å². The molecule has 1 atom stereocenters. The van der Waals surface area contributed by atoms with Crippen LogP contribution in [0.3, 0.4) is 0 Å². The number of hydrogen-bond acceptors (Lipinski definition) is 3. The zero-order valence-corrected chi connectivity index (χ0v) is 16.9. The normalized spacial score (nSPS) is 16.4. The van der Waals surface area contributed by atoms with Gasteiger partial charge in [0, 0.05) is 18.1 Å². The van der Waals surface area contributed by atoms with Crippen molar-refractivity contribution in [3.8, 4) is 5.75 Å². The van der Waals surface area contributed by atoms with Gasteiger partial charge in [-0.15, -0.1) is 0 Å². The molecule has 0 aliphatic carbocycles. The number of benzene rings is 2. The van der Waals surface area contributed by atoms with E-state index in [0.717, 1.165) is 12.1 Å². The summed E-state index contributed by atoms with van der Waals surface area (Å²) >= 11 is 6.00. The van der Waals surface area contributed by atoms with Crippen molar-refractivity contribution in [1.82, 2.24) is 10.2 Å². The van der Waals surface area contributed by atoms with Crippen molar-refractivity contribution in [1.29, 1.82) is 0 Å². The fraction of sp³-hybridized carbons (Fsp3) is 0.333. The highest BCUT2D eigenvalue weighted by atomic mass is 35.5.